The van der Waals surface area contributed by atoms with Crippen molar-refractivity contribution in [3.05, 3.63) is 29.6 Å². The monoisotopic (exact) mass is 347 g/mol. The van der Waals surface area contributed by atoms with Gasteiger partial charge in [0.2, 0.25) is 11.8 Å². The quantitative estimate of drug-likeness (QED) is 0.769. The molecule has 128 valence electrons. The molecule has 0 aliphatic heterocycles. The van der Waals surface area contributed by atoms with Gasteiger partial charge in [0.25, 0.3) is 0 Å². The number of nitrogens with one attached hydrogen (secondary N) is 2. The summed E-state index contributed by atoms with van der Waals surface area (Å²) in [6.07, 6.45) is 1.19. The van der Waals surface area contributed by atoms with Gasteiger partial charge in [-0.25, -0.2) is 4.98 Å². The molecule has 0 aliphatic carbocycles. The maximum absolute atomic E-state index is 11.8. The summed E-state index contributed by atoms with van der Waals surface area (Å²) in [6, 6.07) is 7.72. The first-order chi connectivity index (χ1) is 11.6. The molecule has 24 heavy (non-hydrogen) atoms. The highest BCUT2D eigenvalue weighted by Gasteiger charge is 2.08. The van der Waals surface area contributed by atoms with E-state index in [9.17, 15) is 9.59 Å². The SMILES string of the molecule is CCCOc1ccc(-c2csc(NC(=O)CCNC(C)=O)n2)cc1. The van der Waals surface area contributed by atoms with Crippen LogP contribution in [-0.2, 0) is 9.59 Å². The van der Waals surface area contributed by atoms with Gasteiger partial charge in [0.05, 0.1) is 12.3 Å². The molecule has 2 N–H and O–H groups in total. The number of amides is 2. The second-order valence-corrected chi connectivity index (χ2v) is 6.05. The van der Waals surface area contributed by atoms with Gasteiger partial charge in [0.15, 0.2) is 5.13 Å². The fraction of sp³-hybridized carbons (Fsp3) is 0.353. The molecule has 0 radical (unpaired) electrons. The van der Waals surface area contributed by atoms with Crippen molar-refractivity contribution in [2.75, 3.05) is 18.5 Å². The second kappa shape index (κ2) is 9.02. The van der Waals surface area contributed by atoms with Crippen LogP contribution in [-0.4, -0.2) is 29.9 Å². The molecule has 0 atom stereocenters. The summed E-state index contributed by atoms with van der Waals surface area (Å²) in [6.45, 7) is 4.50. The number of carbonyl (C=O) groups is 2. The Labute approximate surface area is 145 Å². The third-order valence-electron chi connectivity index (χ3n) is 3.10. The second-order valence-electron chi connectivity index (χ2n) is 5.19. The van der Waals surface area contributed by atoms with Crippen LogP contribution in [0.2, 0.25) is 0 Å². The minimum atomic E-state index is -0.173. The zero-order valence-electron chi connectivity index (χ0n) is 13.8. The molecular weight excluding hydrogens is 326 g/mol. The Balaban J connectivity index is 1.90. The first-order valence-corrected chi connectivity index (χ1v) is 8.69. The van der Waals surface area contributed by atoms with E-state index in [2.05, 4.69) is 22.5 Å². The summed E-state index contributed by atoms with van der Waals surface area (Å²) in [5.41, 5.74) is 1.77. The molecule has 0 fully saturated rings. The van der Waals surface area contributed by atoms with Crippen LogP contribution in [0.25, 0.3) is 11.3 Å². The normalized spacial score (nSPS) is 10.2. The maximum Gasteiger partial charge on any atom is 0.227 e. The molecule has 0 spiro atoms. The van der Waals surface area contributed by atoms with Crippen molar-refractivity contribution in [2.24, 2.45) is 0 Å². The predicted octanol–water partition coefficient (Wildman–Crippen LogP) is 3.06. The van der Waals surface area contributed by atoms with E-state index in [4.69, 9.17) is 4.74 Å². The van der Waals surface area contributed by atoms with E-state index in [0.29, 0.717) is 18.3 Å². The van der Waals surface area contributed by atoms with E-state index in [1.54, 1.807) is 0 Å². The lowest BCUT2D eigenvalue weighted by molar-refractivity contribution is -0.119. The van der Waals surface area contributed by atoms with Crippen molar-refractivity contribution in [2.45, 2.75) is 26.7 Å². The molecule has 0 saturated carbocycles. The number of aromatic nitrogens is 1. The van der Waals surface area contributed by atoms with Gasteiger partial charge in [-0.1, -0.05) is 6.92 Å². The number of anilines is 1. The van der Waals surface area contributed by atoms with Crippen LogP contribution < -0.4 is 15.4 Å². The Morgan fingerprint density at radius 2 is 2.00 bits per heavy atom. The van der Waals surface area contributed by atoms with Gasteiger partial charge < -0.3 is 15.4 Å². The summed E-state index contributed by atoms with van der Waals surface area (Å²) in [5.74, 6) is 0.515. The lowest BCUT2D eigenvalue weighted by Gasteiger charge is -2.04. The van der Waals surface area contributed by atoms with Crippen LogP contribution in [0.4, 0.5) is 5.13 Å². The number of thiazole rings is 1. The number of carbonyl (C=O) groups excluding carboxylic acids is 2. The van der Waals surface area contributed by atoms with Crippen LogP contribution in [0.5, 0.6) is 5.75 Å². The summed E-state index contributed by atoms with van der Waals surface area (Å²) in [5, 5.41) is 7.76. The van der Waals surface area contributed by atoms with Crippen molar-refractivity contribution in [1.29, 1.82) is 0 Å². The molecule has 0 unspecified atom stereocenters. The molecule has 1 heterocycles. The summed E-state index contributed by atoms with van der Waals surface area (Å²) < 4.78 is 5.55. The maximum atomic E-state index is 11.8. The first-order valence-electron chi connectivity index (χ1n) is 7.81. The summed E-state index contributed by atoms with van der Waals surface area (Å²) in [4.78, 5) is 27.0. The average Bonchev–Trinajstić information content (AvgIpc) is 3.01. The lowest BCUT2D eigenvalue weighted by atomic mass is 10.2. The topological polar surface area (TPSA) is 80.3 Å². The Hall–Kier alpha value is -2.41. The molecule has 0 aliphatic rings. The van der Waals surface area contributed by atoms with E-state index in [1.807, 2.05) is 29.6 Å². The molecule has 2 rings (SSSR count). The number of hydrogen-bond donors (Lipinski definition) is 2. The Morgan fingerprint density at radius 3 is 2.67 bits per heavy atom. The lowest BCUT2D eigenvalue weighted by Crippen LogP contribution is -2.25. The third kappa shape index (κ3) is 5.66. The molecule has 0 saturated heterocycles. The minimum absolute atomic E-state index is 0.148. The van der Waals surface area contributed by atoms with Crippen molar-refractivity contribution >= 4 is 28.3 Å². The van der Waals surface area contributed by atoms with Crippen LogP contribution in [0.3, 0.4) is 0 Å². The zero-order valence-corrected chi connectivity index (χ0v) is 14.6. The number of rotatable bonds is 8. The number of benzene rings is 1. The summed E-state index contributed by atoms with van der Waals surface area (Å²) >= 11 is 1.37. The Morgan fingerprint density at radius 1 is 1.25 bits per heavy atom. The van der Waals surface area contributed by atoms with Crippen molar-refractivity contribution in [1.82, 2.24) is 10.3 Å². The third-order valence-corrected chi connectivity index (χ3v) is 3.86. The van der Waals surface area contributed by atoms with Gasteiger partial charge in [-0.05, 0) is 30.7 Å². The minimum Gasteiger partial charge on any atom is -0.494 e. The Bertz CT molecular complexity index is 683. The van der Waals surface area contributed by atoms with E-state index in [1.165, 1.54) is 18.3 Å². The van der Waals surface area contributed by atoms with E-state index in [0.717, 1.165) is 23.4 Å². The van der Waals surface area contributed by atoms with Crippen molar-refractivity contribution in [3.63, 3.8) is 0 Å². The van der Waals surface area contributed by atoms with E-state index < -0.39 is 0 Å². The van der Waals surface area contributed by atoms with Gasteiger partial charge in [0.1, 0.15) is 5.75 Å². The fourth-order valence-electron chi connectivity index (χ4n) is 1.94. The van der Waals surface area contributed by atoms with Crippen LogP contribution in [0, 0.1) is 0 Å². The highest BCUT2D eigenvalue weighted by molar-refractivity contribution is 7.14. The van der Waals surface area contributed by atoms with Gasteiger partial charge in [-0.3, -0.25) is 9.59 Å². The molecule has 0 bridgehead atoms. The molecule has 1 aromatic carbocycles. The van der Waals surface area contributed by atoms with Crippen LogP contribution in [0.15, 0.2) is 29.6 Å². The van der Waals surface area contributed by atoms with Gasteiger partial charge >= 0.3 is 0 Å². The Kier molecular flexibility index (Phi) is 6.74. The van der Waals surface area contributed by atoms with Gasteiger partial charge in [-0.15, -0.1) is 11.3 Å². The van der Waals surface area contributed by atoms with Crippen LogP contribution >= 0.6 is 11.3 Å². The predicted molar refractivity (Wildman–Crippen MR) is 95.3 cm³/mol. The largest absolute Gasteiger partial charge is 0.494 e. The smallest absolute Gasteiger partial charge is 0.227 e. The average molecular weight is 347 g/mol. The zero-order chi connectivity index (χ0) is 17.4. The summed E-state index contributed by atoms with van der Waals surface area (Å²) in [7, 11) is 0. The van der Waals surface area contributed by atoms with E-state index >= 15 is 0 Å². The number of hydrogen-bond acceptors (Lipinski definition) is 5. The van der Waals surface area contributed by atoms with Gasteiger partial charge in [-0.2, -0.15) is 0 Å². The molecule has 6 nitrogen and oxygen atoms in total. The number of ether oxygens (including phenoxy) is 1. The molecule has 2 aromatic rings. The first kappa shape index (κ1) is 17.9. The molecular formula is C17H21N3O3S. The van der Waals surface area contributed by atoms with Crippen molar-refractivity contribution < 1.29 is 14.3 Å². The highest BCUT2D eigenvalue weighted by Crippen LogP contribution is 2.26. The van der Waals surface area contributed by atoms with Crippen molar-refractivity contribution in [3.8, 4) is 17.0 Å². The standard InChI is InChI=1S/C17H21N3O3S/c1-3-10-23-14-6-4-13(5-7-14)15-11-24-17(19-15)20-16(22)8-9-18-12(2)21/h4-7,11H,3,8-10H2,1-2H3,(H,18,21)(H,19,20,22). The van der Waals surface area contributed by atoms with Crippen LogP contribution in [0.1, 0.15) is 26.7 Å². The van der Waals surface area contributed by atoms with Gasteiger partial charge in [0, 0.05) is 30.8 Å². The fourth-order valence-corrected chi connectivity index (χ4v) is 2.68. The molecule has 2 amide bonds. The molecule has 1 aromatic heterocycles. The highest BCUT2D eigenvalue weighted by atomic mass is 32.1. The number of nitrogens with zero attached hydrogens (tertiary/aromatic N) is 1. The molecule has 7 heteroatoms. The van der Waals surface area contributed by atoms with E-state index in [-0.39, 0.29) is 18.2 Å².